The molecule has 1 aliphatic carbocycles. The number of nitrogens with zero attached hydrogens (tertiary/aromatic N) is 4. The summed E-state index contributed by atoms with van der Waals surface area (Å²) in [4.78, 5) is 8.71. The molecule has 3 N–H and O–H groups in total. The van der Waals surface area contributed by atoms with E-state index in [0.29, 0.717) is 34.3 Å². The number of rotatable bonds is 4. The highest BCUT2D eigenvalue weighted by atomic mass is 32.2. The van der Waals surface area contributed by atoms with Gasteiger partial charge in [0.15, 0.2) is 5.69 Å². The van der Waals surface area contributed by atoms with Gasteiger partial charge < -0.3 is 5.73 Å². The van der Waals surface area contributed by atoms with E-state index in [1.807, 2.05) is 6.07 Å². The second-order valence-electron chi connectivity index (χ2n) is 5.60. The van der Waals surface area contributed by atoms with Crippen LogP contribution in [0, 0.1) is 6.57 Å². The molecule has 3 aromatic rings. The molecule has 0 amide bonds. The molecule has 2 heterocycles. The highest BCUT2D eigenvalue weighted by molar-refractivity contribution is 7.98. The SMILES string of the molecule is [C-]#[N+]c1ccc(C2CC2)cc1CSc1cc(N)nc2n[nH]nc12. The maximum atomic E-state index is 7.36. The van der Waals surface area contributed by atoms with Crippen LogP contribution in [0.3, 0.4) is 0 Å². The molecule has 6 nitrogen and oxygen atoms in total. The summed E-state index contributed by atoms with van der Waals surface area (Å²) in [5.74, 6) is 1.80. The summed E-state index contributed by atoms with van der Waals surface area (Å²) in [7, 11) is 0. The fraction of sp³-hybridized carbons (Fsp3) is 0.250. The van der Waals surface area contributed by atoms with E-state index in [2.05, 4.69) is 37.4 Å². The van der Waals surface area contributed by atoms with Crippen molar-refractivity contribution < 1.29 is 0 Å². The van der Waals surface area contributed by atoms with E-state index in [-0.39, 0.29) is 0 Å². The minimum Gasteiger partial charge on any atom is -0.384 e. The van der Waals surface area contributed by atoms with Crippen molar-refractivity contribution in [1.29, 1.82) is 0 Å². The quantitative estimate of drug-likeness (QED) is 0.565. The van der Waals surface area contributed by atoms with Gasteiger partial charge in [-0.2, -0.15) is 10.3 Å². The molecule has 0 aliphatic heterocycles. The van der Waals surface area contributed by atoms with Crippen LogP contribution in [0.5, 0.6) is 0 Å². The van der Waals surface area contributed by atoms with Crippen LogP contribution in [0.15, 0.2) is 29.2 Å². The van der Waals surface area contributed by atoms with Crippen molar-refractivity contribution in [1.82, 2.24) is 20.4 Å². The molecule has 7 heteroatoms. The molecule has 0 bridgehead atoms. The zero-order chi connectivity index (χ0) is 15.8. The van der Waals surface area contributed by atoms with Crippen molar-refractivity contribution in [3.05, 3.63) is 46.8 Å². The number of nitrogens with one attached hydrogen (secondary N) is 1. The summed E-state index contributed by atoms with van der Waals surface area (Å²) in [6.45, 7) is 7.36. The van der Waals surface area contributed by atoms with E-state index in [0.717, 1.165) is 10.5 Å². The minimum absolute atomic E-state index is 0.422. The third-order valence-electron chi connectivity index (χ3n) is 3.93. The number of benzene rings is 1. The molecule has 1 aromatic carbocycles. The van der Waals surface area contributed by atoms with E-state index < -0.39 is 0 Å². The van der Waals surface area contributed by atoms with Gasteiger partial charge in [0.25, 0.3) is 0 Å². The number of fused-ring (bicyclic) bond motifs is 1. The molecule has 0 spiro atoms. The van der Waals surface area contributed by atoms with Crippen LogP contribution < -0.4 is 5.73 Å². The van der Waals surface area contributed by atoms with E-state index in [9.17, 15) is 0 Å². The van der Waals surface area contributed by atoms with Crippen molar-refractivity contribution in [2.45, 2.75) is 29.4 Å². The lowest BCUT2D eigenvalue weighted by Gasteiger charge is -2.08. The predicted molar refractivity (Wildman–Crippen MR) is 90.3 cm³/mol. The zero-order valence-corrected chi connectivity index (χ0v) is 13.1. The molecule has 2 aromatic heterocycles. The van der Waals surface area contributed by atoms with Crippen LogP contribution in [-0.2, 0) is 5.75 Å². The lowest BCUT2D eigenvalue weighted by molar-refractivity contribution is 0.953. The number of H-pyrrole nitrogens is 1. The molecular weight excluding hydrogens is 308 g/mol. The van der Waals surface area contributed by atoms with Gasteiger partial charge in [0.1, 0.15) is 11.3 Å². The van der Waals surface area contributed by atoms with Crippen LogP contribution in [-0.4, -0.2) is 20.4 Å². The average Bonchev–Trinajstić information content (AvgIpc) is 3.30. The maximum Gasteiger partial charge on any atom is 0.204 e. The highest BCUT2D eigenvalue weighted by Gasteiger charge is 2.24. The molecule has 1 fully saturated rings. The summed E-state index contributed by atoms with van der Waals surface area (Å²) >= 11 is 1.61. The number of nitrogens with two attached hydrogens (primary N) is 1. The lowest BCUT2D eigenvalue weighted by Crippen LogP contribution is -1.92. The Morgan fingerprint density at radius 1 is 1.30 bits per heavy atom. The number of hydrogen-bond acceptors (Lipinski definition) is 5. The number of aromatic nitrogens is 4. The first-order valence-corrected chi connectivity index (χ1v) is 8.33. The lowest BCUT2D eigenvalue weighted by atomic mass is 10.1. The van der Waals surface area contributed by atoms with Gasteiger partial charge in [-0.25, -0.2) is 9.83 Å². The summed E-state index contributed by atoms with van der Waals surface area (Å²) < 4.78 is 0. The maximum absolute atomic E-state index is 7.36. The molecule has 1 saturated carbocycles. The van der Waals surface area contributed by atoms with Crippen molar-refractivity contribution >= 4 is 34.4 Å². The van der Waals surface area contributed by atoms with Gasteiger partial charge in [0.05, 0.1) is 6.57 Å². The van der Waals surface area contributed by atoms with E-state index >= 15 is 0 Å². The number of aromatic amines is 1. The van der Waals surface area contributed by atoms with Crippen molar-refractivity contribution in [2.75, 3.05) is 5.73 Å². The third-order valence-corrected chi connectivity index (χ3v) is 5.01. The summed E-state index contributed by atoms with van der Waals surface area (Å²) in [6.07, 6.45) is 2.51. The fourth-order valence-electron chi connectivity index (χ4n) is 2.59. The third kappa shape index (κ3) is 2.73. The number of anilines is 1. The van der Waals surface area contributed by atoms with Crippen LogP contribution >= 0.6 is 11.8 Å². The van der Waals surface area contributed by atoms with E-state index in [1.54, 1.807) is 17.8 Å². The Bertz CT molecular complexity index is 922. The zero-order valence-electron chi connectivity index (χ0n) is 12.3. The Hall–Kier alpha value is -2.59. The van der Waals surface area contributed by atoms with Gasteiger partial charge in [-0.15, -0.1) is 16.9 Å². The second kappa shape index (κ2) is 5.56. The fourth-order valence-corrected chi connectivity index (χ4v) is 3.61. The first-order chi connectivity index (χ1) is 11.2. The number of pyridine rings is 1. The van der Waals surface area contributed by atoms with Crippen LogP contribution in [0.25, 0.3) is 16.0 Å². The molecule has 114 valence electrons. The van der Waals surface area contributed by atoms with Gasteiger partial charge in [-0.05, 0) is 36.0 Å². The Kier molecular flexibility index (Phi) is 3.39. The highest BCUT2D eigenvalue weighted by Crippen LogP contribution is 2.42. The Morgan fingerprint density at radius 2 is 2.17 bits per heavy atom. The molecular formula is C16H14N6S. The van der Waals surface area contributed by atoms with Crippen molar-refractivity contribution in [2.24, 2.45) is 0 Å². The van der Waals surface area contributed by atoms with Crippen LogP contribution in [0.4, 0.5) is 11.5 Å². The second-order valence-corrected chi connectivity index (χ2v) is 6.62. The number of nitrogen functional groups attached to an aromatic ring is 1. The molecule has 0 atom stereocenters. The molecule has 0 saturated heterocycles. The van der Waals surface area contributed by atoms with Crippen molar-refractivity contribution in [3.8, 4) is 0 Å². The Balaban J connectivity index is 1.64. The van der Waals surface area contributed by atoms with Gasteiger partial charge in [-0.3, -0.25) is 0 Å². The Labute approximate surface area is 137 Å². The normalized spacial score (nSPS) is 14.0. The van der Waals surface area contributed by atoms with E-state index in [4.69, 9.17) is 12.3 Å². The van der Waals surface area contributed by atoms with Crippen LogP contribution in [0.2, 0.25) is 0 Å². The first kappa shape index (κ1) is 14.0. The van der Waals surface area contributed by atoms with Gasteiger partial charge in [-0.1, -0.05) is 18.2 Å². The van der Waals surface area contributed by atoms with Crippen molar-refractivity contribution in [3.63, 3.8) is 0 Å². The largest absolute Gasteiger partial charge is 0.384 e. The summed E-state index contributed by atoms with van der Waals surface area (Å²) in [5, 5.41) is 10.7. The smallest absolute Gasteiger partial charge is 0.204 e. The van der Waals surface area contributed by atoms with E-state index in [1.165, 1.54) is 18.4 Å². The topological polar surface area (TPSA) is 84.8 Å². The van der Waals surface area contributed by atoms with Crippen LogP contribution in [0.1, 0.15) is 29.9 Å². The molecule has 0 unspecified atom stereocenters. The standard InChI is InChI=1S/C16H14N6S/c1-18-12-5-4-10(9-2-3-9)6-11(12)8-23-13-7-14(17)19-16-15(13)20-22-21-16/h4-7,9H,2-3,8H2,(H3,17,19,20,21,22). The molecule has 1 aliphatic rings. The minimum atomic E-state index is 0.422. The van der Waals surface area contributed by atoms with Gasteiger partial charge in [0.2, 0.25) is 5.65 Å². The average molecular weight is 322 g/mol. The molecule has 23 heavy (non-hydrogen) atoms. The predicted octanol–water partition coefficient (Wildman–Crippen LogP) is 3.66. The first-order valence-electron chi connectivity index (χ1n) is 7.34. The van der Waals surface area contributed by atoms with Gasteiger partial charge in [0, 0.05) is 10.6 Å². The number of thioether (sulfide) groups is 1. The van der Waals surface area contributed by atoms with Gasteiger partial charge >= 0.3 is 0 Å². The summed E-state index contributed by atoms with van der Waals surface area (Å²) in [5.41, 5.74) is 10.2. The Morgan fingerprint density at radius 3 is 2.96 bits per heavy atom. The molecule has 0 radical (unpaired) electrons. The molecule has 4 rings (SSSR count). The number of hydrogen-bond donors (Lipinski definition) is 2. The monoisotopic (exact) mass is 322 g/mol. The summed E-state index contributed by atoms with van der Waals surface area (Å²) in [6, 6.07) is 7.99.